The summed E-state index contributed by atoms with van der Waals surface area (Å²) in [6.07, 6.45) is -2.12. The van der Waals surface area contributed by atoms with Gasteiger partial charge in [-0.2, -0.15) is 31.3 Å². The molecule has 2 aromatic rings. The lowest BCUT2D eigenvalue weighted by atomic mass is 9.75. The van der Waals surface area contributed by atoms with Crippen LogP contribution in [0.15, 0.2) is 46.3 Å². The van der Waals surface area contributed by atoms with Crippen LogP contribution in [0.25, 0.3) is 6.08 Å². The highest BCUT2D eigenvalue weighted by Gasteiger charge is 2.38. The minimum Gasteiger partial charge on any atom is -0.493 e. The maximum absolute atomic E-state index is 13.5. The maximum atomic E-state index is 13.5. The van der Waals surface area contributed by atoms with E-state index in [-0.39, 0.29) is 23.5 Å². The molecule has 41 heavy (non-hydrogen) atoms. The molecule has 1 saturated carbocycles. The van der Waals surface area contributed by atoms with E-state index in [2.05, 4.69) is 9.89 Å². The zero-order valence-corrected chi connectivity index (χ0v) is 23.0. The summed E-state index contributed by atoms with van der Waals surface area (Å²) in [5, 5.41) is 0.703. The number of rotatable bonds is 5. The van der Waals surface area contributed by atoms with Crippen molar-refractivity contribution in [3.63, 3.8) is 0 Å². The van der Waals surface area contributed by atoms with Gasteiger partial charge in [-0.05, 0) is 72.3 Å². The number of thioether (sulfide) groups is 1. The molecule has 2 fully saturated rings. The van der Waals surface area contributed by atoms with Gasteiger partial charge in [-0.15, -0.1) is 0 Å². The summed E-state index contributed by atoms with van der Waals surface area (Å²) < 4.78 is 90.2. The second-order valence-electron chi connectivity index (χ2n) is 10.4. The first-order valence-electron chi connectivity index (χ1n) is 13.3. The molecule has 220 valence electrons. The molecule has 0 spiro atoms. The fourth-order valence-electron chi connectivity index (χ4n) is 5.65. The quantitative estimate of drug-likeness (QED) is 0.260. The Hall–Kier alpha value is -3.15. The third kappa shape index (κ3) is 6.68. The fourth-order valence-corrected chi connectivity index (χ4v) is 6.60. The molecule has 0 N–H and O–H groups in total. The van der Waals surface area contributed by atoms with Crippen LogP contribution in [0.1, 0.15) is 54.4 Å². The van der Waals surface area contributed by atoms with E-state index in [0.29, 0.717) is 27.6 Å². The van der Waals surface area contributed by atoms with Crippen molar-refractivity contribution in [3.05, 3.63) is 63.6 Å². The lowest BCUT2D eigenvalue weighted by Gasteiger charge is -2.41. The fraction of sp³-hybridized carbons (Fsp3) is 0.448. The number of halogens is 6. The summed E-state index contributed by atoms with van der Waals surface area (Å²) in [4.78, 5) is 19.6. The normalized spacial score (nSPS) is 22.5. The molecular weight excluding hydrogens is 570 g/mol. The number of hydrogen-bond donors (Lipinski definition) is 0. The van der Waals surface area contributed by atoms with Gasteiger partial charge in [0, 0.05) is 18.7 Å². The molecular formula is C29H28F6N2O3S. The number of fused-ring (bicyclic) bond motifs is 1. The SMILES string of the molecule is COc1cc(C=C2SC(N3CCC4CCCCC4C3)=NC2=O)ccc1OCc1ccc(C(F)(F)F)cc1C(F)(F)F. The number of benzene rings is 2. The second kappa shape index (κ2) is 11.6. The zero-order chi connectivity index (χ0) is 29.4. The number of carbonyl (C=O) groups excluding carboxylic acids is 1. The first-order chi connectivity index (χ1) is 19.4. The van der Waals surface area contributed by atoms with E-state index in [1.807, 2.05) is 0 Å². The topological polar surface area (TPSA) is 51.1 Å². The number of carbonyl (C=O) groups is 1. The molecule has 1 saturated heterocycles. The molecule has 2 atom stereocenters. The van der Waals surface area contributed by atoms with E-state index < -0.39 is 35.6 Å². The summed E-state index contributed by atoms with van der Waals surface area (Å²) in [6, 6.07) is 6.08. The molecule has 0 bridgehead atoms. The molecule has 2 aromatic carbocycles. The largest absolute Gasteiger partial charge is 0.493 e. The van der Waals surface area contributed by atoms with Crippen LogP contribution >= 0.6 is 11.8 Å². The Balaban J connectivity index is 1.28. The van der Waals surface area contributed by atoms with Crippen LogP contribution in [-0.2, 0) is 23.8 Å². The highest BCUT2D eigenvalue weighted by atomic mass is 32.2. The second-order valence-corrected chi connectivity index (χ2v) is 11.4. The van der Waals surface area contributed by atoms with E-state index >= 15 is 0 Å². The molecule has 5 nitrogen and oxygen atoms in total. The number of amidine groups is 1. The Kier molecular flexibility index (Phi) is 8.31. The Morgan fingerprint density at radius 1 is 0.976 bits per heavy atom. The van der Waals surface area contributed by atoms with Crippen molar-refractivity contribution in [1.29, 1.82) is 0 Å². The zero-order valence-electron chi connectivity index (χ0n) is 22.1. The van der Waals surface area contributed by atoms with Crippen LogP contribution in [0.4, 0.5) is 26.3 Å². The number of aliphatic imine (C=N–C) groups is 1. The minimum absolute atomic E-state index is 0.0786. The average Bonchev–Trinajstić information content (AvgIpc) is 3.30. The van der Waals surface area contributed by atoms with Crippen molar-refractivity contribution in [2.45, 2.75) is 51.1 Å². The number of piperidine rings is 1. The lowest BCUT2D eigenvalue weighted by Crippen LogP contribution is -2.43. The predicted octanol–water partition coefficient (Wildman–Crippen LogP) is 7.79. The standard InChI is InChI=1S/C29H28F6N2O3S/c1-39-24-12-17(13-25-26(38)36-27(41-25)37-11-10-18-4-2-3-5-19(18)15-37)6-9-23(24)40-16-20-7-8-21(28(30,31)32)14-22(20)29(33,34)35/h6-9,12-14,18-19H,2-5,10-11,15-16H2,1H3. The highest BCUT2D eigenvalue weighted by Crippen LogP contribution is 2.41. The third-order valence-corrected chi connectivity index (χ3v) is 8.83. The number of nitrogens with zero attached hydrogens (tertiary/aromatic N) is 2. The van der Waals surface area contributed by atoms with Gasteiger partial charge in [-0.1, -0.05) is 31.4 Å². The number of likely N-dealkylation sites (tertiary alicyclic amines) is 1. The molecule has 12 heteroatoms. The van der Waals surface area contributed by atoms with Crippen molar-refractivity contribution in [1.82, 2.24) is 4.90 Å². The van der Waals surface area contributed by atoms with Crippen LogP contribution in [0.2, 0.25) is 0 Å². The molecule has 2 aliphatic heterocycles. The van der Waals surface area contributed by atoms with Gasteiger partial charge in [0.2, 0.25) is 0 Å². The van der Waals surface area contributed by atoms with E-state index in [1.54, 1.807) is 18.2 Å². The number of ether oxygens (including phenoxy) is 2. The van der Waals surface area contributed by atoms with Crippen molar-refractivity contribution in [3.8, 4) is 11.5 Å². The molecule has 2 heterocycles. The molecule has 0 radical (unpaired) electrons. The first kappa shape index (κ1) is 29.3. The van der Waals surface area contributed by atoms with Gasteiger partial charge >= 0.3 is 12.4 Å². The van der Waals surface area contributed by atoms with Gasteiger partial charge in [0.05, 0.1) is 23.1 Å². The first-order valence-corrected chi connectivity index (χ1v) is 14.1. The lowest BCUT2D eigenvalue weighted by molar-refractivity contribution is -0.143. The number of hydrogen-bond acceptors (Lipinski definition) is 5. The van der Waals surface area contributed by atoms with Gasteiger partial charge in [-0.25, -0.2) is 0 Å². The number of amides is 1. The average molecular weight is 599 g/mol. The van der Waals surface area contributed by atoms with Crippen LogP contribution in [0.3, 0.4) is 0 Å². The maximum Gasteiger partial charge on any atom is 0.416 e. The van der Waals surface area contributed by atoms with Crippen LogP contribution in [0, 0.1) is 11.8 Å². The summed E-state index contributed by atoms with van der Waals surface area (Å²) >= 11 is 1.32. The Morgan fingerprint density at radius 2 is 1.73 bits per heavy atom. The van der Waals surface area contributed by atoms with E-state index in [9.17, 15) is 31.1 Å². The third-order valence-electron chi connectivity index (χ3n) is 7.78. The van der Waals surface area contributed by atoms with Gasteiger partial charge in [0.1, 0.15) is 6.61 Å². The smallest absolute Gasteiger partial charge is 0.416 e. The van der Waals surface area contributed by atoms with Gasteiger partial charge in [0.15, 0.2) is 16.7 Å². The minimum atomic E-state index is -5.00. The van der Waals surface area contributed by atoms with Crippen molar-refractivity contribution in [2.75, 3.05) is 20.2 Å². The predicted molar refractivity (Wildman–Crippen MR) is 143 cm³/mol. The summed E-state index contributed by atoms with van der Waals surface area (Å²) in [7, 11) is 1.35. The summed E-state index contributed by atoms with van der Waals surface area (Å²) in [5.74, 6) is 1.34. The van der Waals surface area contributed by atoms with E-state index in [4.69, 9.17) is 9.47 Å². The number of alkyl halides is 6. The number of methoxy groups -OCH3 is 1. The van der Waals surface area contributed by atoms with Crippen LogP contribution in [-0.4, -0.2) is 36.2 Å². The van der Waals surface area contributed by atoms with Crippen LogP contribution in [0.5, 0.6) is 11.5 Å². The van der Waals surface area contributed by atoms with Gasteiger partial charge in [-0.3, -0.25) is 4.79 Å². The Labute approximate surface area is 237 Å². The monoisotopic (exact) mass is 598 g/mol. The molecule has 1 aliphatic carbocycles. The highest BCUT2D eigenvalue weighted by molar-refractivity contribution is 8.18. The Morgan fingerprint density at radius 3 is 2.44 bits per heavy atom. The molecule has 3 aliphatic rings. The summed E-state index contributed by atoms with van der Waals surface area (Å²) in [5.41, 5.74) is -2.67. The van der Waals surface area contributed by atoms with Crippen molar-refractivity contribution >= 4 is 28.9 Å². The van der Waals surface area contributed by atoms with E-state index in [0.717, 1.165) is 31.5 Å². The summed E-state index contributed by atoms with van der Waals surface area (Å²) in [6.45, 7) is 1.15. The molecule has 2 unspecified atom stereocenters. The van der Waals surface area contributed by atoms with Gasteiger partial charge in [0.25, 0.3) is 5.91 Å². The molecule has 1 amide bonds. The van der Waals surface area contributed by atoms with Gasteiger partial charge < -0.3 is 14.4 Å². The van der Waals surface area contributed by atoms with Crippen LogP contribution < -0.4 is 9.47 Å². The van der Waals surface area contributed by atoms with Crippen molar-refractivity contribution in [2.24, 2.45) is 16.8 Å². The molecule has 0 aromatic heterocycles. The Bertz CT molecular complexity index is 1370. The van der Waals surface area contributed by atoms with E-state index in [1.165, 1.54) is 50.6 Å². The van der Waals surface area contributed by atoms with Crippen molar-refractivity contribution < 1.29 is 40.6 Å². The molecule has 5 rings (SSSR count).